The molecule has 1 aliphatic heterocycles. The second kappa shape index (κ2) is 11.3. The fraction of sp³-hybridized carbons (Fsp3) is 0.367. The van der Waals surface area contributed by atoms with Gasteiger partial charge in [-0.15, -0.1) is 0 Å². The topological polar surface area (TPSA) is 92.5 Å². The molecule has 0 bridgehead atoms. The molecular weight excluding hydrogens is 478 g/mol. The van der Waals surface area contributed by atoms with Gasteiger partial charge in [0.25, 0.3) is 0 Å². The standard InChI is InChI=1S/C30H35N5O3/c1-20(35-15-11-22(12-16-35)21-4-6-23(7-5-21)30(37)38-3)27-18-26-25(10-13-32-29(26)34(27)2)24-8-9-28(33-19-24)31-14-17-36/h4-10,13,18-20,22,36H,11-12,14-17H2,1-3H3,(H,31,33)/t20-/m0/s1. The molecule has 0 amide bonds. The molecular formula is C30H35N5O3. The lowest BCUT2D eigenvalue weighted by atomic mass is 9.88. The number of carbonyl (C=O) groups is 1. The number of aliphatic hydroxyl groups excluding tert-OH is 1. The van der Waals surface area contributed by atoms with Crippen molar-refractivity contribution in [2.24, 2.45) is 7.05 Å². The Hall–Kier alpha value is -3.75. The molecule has 38 heavy (non-hydrogen) atoms. The Morgan fingerprint density at radius 3 is 2.55 bits per heavy atom. The number of hydrogen-bond acceptors (Lipinski definition) is 7. The number of hydrogen-bond donors (Lipinski definition) is 2. The highest BCUT2D eigenvalue weighted by Gasteiger charge is 2.27. The summed E-state index contributed by atoms with van der Waals surface area (Å²) in [5.74, 6) is 0.947. The lowest BCUT2D eigenvalue weighted by Gasteiger charge is -2.36. The van der Waals surface area contributed by atoms with E-state index >= 15 is 0 Å². The van der Waals surface area contributed by atoms with E-state index < -0.39 is 0 Å². The number of rotatable bonds is 8. The number of piperidine rings is 1. The van der Waals surface area contributed by atoms with E-state index in [4.69, 9.17) is 14.8 Å². The lowest BCUT2D eigenvalue weighted by Crippen LogP contribution is -2.35. The van der Waals surface area contributed by atoms with Gasteiger partial charge in [0.2, 0.25) is 0 Å². The molecule has 1 aromatic carbocycles. The van der Waals surface area contributed by atoms with E-state index in [1.165, 1.54) is 18.4 Å². The van der Waals surface area contributed by atoms with Gasteiger partial charge in [-0.1, -0.05) is 12.1 Å². The molecule has 4 heterocycles. The molecule has 0 spiro atoms. The van der Waals surface area contributed by atoms with E-state index in [9.17, 15) is 4.79 Å². The van der Waals surface area contributed by atoms with Crippen molar-refractivity contribution in [3.05, 3.63) is 77.7 Å². The normalized spacial score (nSPS) is 15.5. The van der Waals surface area contributed by atoms with Gasteiger partial charge in [-0.2, -0.15) is 0 Å². The third-order valence-electron chi connectivity index (χ3n) is 7.77. The number of esters is 1. The molecule has 4 aromatic rings. The summed E-state index contributed by atoms with van der Waals surface area (Å²) in [6.45, 7) is 4.85. The van der Waals surface area contributed by atoms with Crippen molar-refractivity contribution in [3.63, 3.8) is 0 Å². The number of aromatic nitrogens is 3. The molecule has 0 unspecified atom stereocenters. The maximum Gasteiger partial charge on any atom is 0.337 e. The SMILES string of the molecule is COC(=O)c1ccc(C2CCN([C@@H](C)c3cc4c(-c5ccc(NCCO)nc5)ccnc4n3C)CC2)cc1. The van der Waals surface area contributed by atoms with Crippen LogP contribution in [0, 0.1) is 0 Å². The molecule has 2 N–H and O–H groups in total. The van der Waals surface area contributed by atoms with Crippen LogP contribution in [-0.4, -0.2) is 63.9 Å². The number of fused-ring (bicyclic) bond motifs is 1. The third kappa shape index (κ3) is 5.14. The number of aliphatic hydroxyl groups is 1. The van der Waals surface area contributed by atoms with Crippen molar-refractivity contribution in [2.75, 3.05) is 38.7 Å². The number of nitrogens with one attached hydrogen (secondary N) is 1. The van der Waals surface area contributed by atoms with Crippen LogP contribution >= 0.6 is 0 Å². The minimum absolute atomic E-state index is 0.0706. The highest BCUT2D eigenvalue weighted by atomic mass is 16.5. The second-order valence-electron chi connectivity index (χ2n) is 9.91. The molecule has 1 atom stereocenters. The van der Waals surface area contributed by atoms with Crippen LogP contribution < -0.4 is 5.32 Å². The number of ether oxygens (including phenoxy) is 1. The van der Waals surface area contributed by atoms with Crippen LogP contribution in [0.25, 0.3) is 22.2 Å². The van der Waals surface area contributed by atoms with Gasteiger partial charge in [0.15, 0.2) is 0 Å². The number of benzene rings is 1. The van der Waals surface area contributed by atoms with Gasteiger partial charge in [-0.3, -0.25) is 4.90 Å². The minimum Gasteiger partial charge on any atom is -0.465 e. The first-order valence-corrected chi connectivity index (χ1v) is 13.2. The smallest absolute Gasteiger partial charge is 0.337 e. The largest absolute Gasteiger partial charge is 0.465 e. The number of anilines is 1. The Morgan fingerprint density at radius 1 is 1.13 bits per heavy atom. The van der Waals surface area contributed by atoms with Crippen molar-refractivity contribution >= 4 is 22.8 Å². The highest BCUT2D eigenvalue weighted by Crippen LogP contribution is 2.36. The van der Waals surface area contributed by atoms with Crippen LogP contribution in [0.15, 0.2) is 60.9 Å². The quantitative estimate of drug-likeness (QED) is 0.328. The fourth-order valence-electron chi connectivity index (χ4n) is 5.55. The van der Waals surface area contributed by atoms with Gasteiger partial charge in [-0.05, 0) is 86.3 Å². The molecule has 1 fully saturated rings. The monoisotopic (exact) mass is 513 g/mol. The Balaban J connectivity index is 1.31. The van der Waals surface area contributed by atoms with Gasteiger partial charge in [0, 0.05) is 48.7 Å². The Bertz CT molecular complexity index is 1390. The summed E-state index contributed by atoms with van der Waals surface area (Å²) in [5.41, 5.74) is 6.24. The molecule has 8 heteroatoms. The van der Waals surface area contributed by atoms with Gasteiger partial charge in [0.05, 0.1) is 19.3 Å². The molecule has 0 saturated carbocycles. The van der Waals surface area contributed by atoms with Gasteiger partial charge >= 0.3 is 5.97 Å². The maximum absolute atomic E-state index is 11.7. The Morgan fingerprint density at radius 2 is 1.89 bits per heavy atom. The molecule has 198 valence electrons. The second-order valence-corrected chi connectivity index (χ2v) is 9.91. The summed E-state index contributed by atoms with van der Waals surface area (Å²) in [5, 5.41) is 13.2. The van der Waals surface area contributed by atoms with Crippen molar-refractivity contribution in [1.82, 2.24) is 19.4 Å². The van der Waals surface area contributed by atoms with Crippen molar-refractivity contribution in [2.45, 2.75) is 31.7 Å². The Kier molecular flexibility index (Phi) is 7.72. The molecule has 5 rings (SSSR count). The third-order valence-corrected chi connectivity index (χ3v) is 7.77. The predicted octanol–water partition coefficient (Wildman–Crippen LogP) is 4.77. The van der Waals surface area contributed by atoms with Crippen molar-refractivity contribution in [3.8, 4) is 11.1 Å². The van der Waals surface area contributed by atoms with Crippen LogP contribution in [-0.2, 0) is 11.8 Å². The molecule has 0 radical (unpaired) electrons. The summed E-state index contributed by atoms with van der Waals surface area (Å²) in [6.07, 6.45) is 5.89. The minimum atomic E-state index is -0.295. The number of nitrogens with zero attached hydrogens (tertiary/aromatic N) is 4. The van der Waals surface area contributed by atoms with Crippen LogP contribution in [0.4, 0.5) is 5.82 Å². The van der Waals surface area contributed by atoms with E-state index in [0.29, 0.717) is 18.0 Å². The first-order valence-electron chi connectivity index (χ1n) is 13.2. The lowest BCUT2D eigenvalue weighted by molar-refractivity contribution is 0.0600. The van der Waals surface area contributed by atoms with Crippen molar-refractivity contribution in [1.29, 1.82) is 0 Å². The summed E-state index contributed by atoms with van der Waals surface area (Å²) < 4.78 is 7.03. The van der Waals surface area contributed by atoms with Crippen LogP contribution in [0.3, 0.4) is 0 Å². The molecule has 1 aliphatic rings. The number of carbonyl (C=O) groups excluding carboxylic acids is 1. The van der Waals surface area contributed by atoms with E-state index in [1.54, 1.807) is 0 Å². The summed E-state index contributed by atoms with van der Waals surface area (Å²) >= 11 is 0. The van der Waals surface area contributed by atoms with Gasteiger partial charge in [0.1, 0.15) is 11.5 Å². The Labute approximate surface area is 223 Å². The average Bonchev–Trinajstić information content (AvgIpc) is 3.32. The zero-order valence-electron chi connectivity index (χ0n) is 22.2. The number of aryl methyl sites for hydroxylation is 1. The molecule has 3 aromatic heterocycles. The summed E-state index contributed by atoms with van der Waals surface area (Å²) in [7, 11) is 3.51. The van der Waals surface area contributed by atoms with Gasteiger partial charge < -0.3 is 19.7 Å². The fourth-order valence-corrected chi connectivity index (χ4v) is 5.55. The number of pyridine rings is 2. The summed E-state index contributed by atoms with van der Waals surface area (Å²) in [6, 6.07) is 16.4. The summed E-state index contributed by atoms with van der Waals surface area (Å²) in [4.78, 5) is 23.5. The van der Waals surface area contributed by atoms with Crippen LogP contribution in [0.1, 0.15) is 53.3 Å². The van der Waals surface area contributed by atoms with E-state index in [0.717, 1.165) is 53.9 Å². The highest BCUT2D eigenvalue weighted by molar-refractivity contribution is 5.94. The first-order chi connectivity index (χ1) is 18.5. The predicted molar refractivity (Wildman–Crippen MR) is 149 cm³/mol. The maximum atomic E-state index is 11.7. The first kappa shape index (κ1) is 25.9. The number of likely N-dealkylation sites (tertiary alicyclic amines) is 1. The van der Waals surface area contributed by atoms with E-state index in [2.05, 4.69) is 58.0 Å². The zero-order chi connectivity index (χ0) is 26.6. The van der Waals surface area contributed by atoms with E-state index in [-0.39, 0.29) is 18.6 Å². The number of methoxy groups -OCH3 is 1. The van der Waals surface area contributed by atoms with Crippen LogP contribution in [0.5, 0.6) is 0 Å². The van der Waals surface area contributed by atoms with Gasteiger partial charge in [-0.25, -0.2) is 14.8 Å². The van der Waals surface area contributed by atoms with E-state index in [1.807, 2.05) is 36.7 Å². The molecule has 0 aliphatic carbocycles. The zero-order valence-corrected chi connectivity index (χ0v) is 22.2. The van der Waals surface area contributed by atoms with Crippen LogP contribution in [0.2, 0.25) is 0 Å². The molecule has 1 saturated heterocycles. The molecule has 8 nitrogen and oxygen atoms in total. The van der Waals surface area contributed by atoms with Crippen molar-refractivity contribution < 1.29 is 14.6 Å². The average molecular weight is 514 g/mol.